The minimum Gasteiger partial charge on any atom is -0.330 e. The molecule has 0 radical (unpaired) electrons. The molecule has 108 valence electrons. The fourth-order valence-electron chi connectivity index (χ4n) is 2.20. The van der Waals surface area contributed by atoms with Crippen LogP contribution in [0.4, 0.5) is 0 Å². The van der Waals surface area contributed by atoms with E-state index in [-0.39, 0.29) is 11.7 Å². The smallest absolute Gasteiger partial charge is 0.246 e. The molecule has 1 aromatic heterocycles. The Labute approximate surface area is 118 Å². The molecule has 6 heteroatoms. The molecule has 0 unspecified atom stereocenters. The number of ketones is 1. The lowest BCUT2D eigenvalue weighted by Crippen LogP contribution is -2.38. The van der Waals surface area contributed by atoms with Gasteiger partial charge < -0.3 is 14.4 Å². The Balaban J connectivity index is 2.03. The first kappa shape index (κ1) is 14.5. The molecule has 0 N–H and O–H groups in total. The van der Waals surface area contributed by atoms with Gasteiger partial charge in [0.05, 0.1) is 12.7 Å². The standard InChI is InChI=1S/C14H20N4O2/c1-11(19)12-9-15-13-10-17(7-8-18(12)13)14(20)5-4-6-16(2)3/h4-5,9H,6-8,10H2,1-3H3/b5-4+. The minimum atomic E-state index is -0.00882. The molecule has 0 saturated heterocycles. The molecule has 1 aromatic rings. The van der Waals surface area contributed by atoms with Crippen LogP contribution in [0.2, 0.25) is 0 Å². The van der Waals surface area contributed by atoms with Crippen molar-refractivity contribution in [1.82, 2.24) is 19.4 Å². The maximum Gasteiger partial charge on any atom is 0.246 e. The molecule has 1 aliphatic rings. The Kier molecular flexibility index (Phi) is 4.34. The summed E-state index contributed by atoms with van der Waals surface area (Å²) in [5, 5.41) is 0. The predicted octanol–water partition coefficient (Wildman–Crippen LogP) is 0.546. The van der Waals surface area contributed by atoms with Crippen LogP contribution in [0, 0.1) is 0 Å². The fraction of sp³-hybridized carbons (Fsp3) is 0.500. The summed E-state index contributed by atoms with van der Waals surface area (Å²) >= 11 is 0. The molecule has 6 nitrogen and oxygen atoms in total. The van der Waals surface area contributed by atoms with Crippen LogP contribution in [-0.4, -0.2) is 58.2 Å². The highest BCUT2D eigenvalue weighted by Gasteiger charge is 2.23. The molecule has 20 heavy (non-hydrogen) atoms. The molecule has 2 rings (SSSR count). The van der Waals surface area contributed by atoms with Crippen molar-refractivity contribution in [2.45, 2.75) is 20.0 Å². The van der Waals surface area contributed by atoms with Gasteiger partial charge in [-0.2, -0.15) is 0 Å². The molecular formula is C14H20N4O2. The van der Waals surface area contributed by atoms with Crippen LogP contribution in [0.15, 0.2) is 18.3 Å². The third-order valence-electron chi connectivity index (χ3n) is 3.27. The Morgan fingerprint density at radius 3 is 2.80 bits per heavy atom. The molecule has 0 aliphatic carbocycles. The third kappa shape index (κ3) is 3.14. The molecule has 0 spiro atoms. The quantitative estimate of drug-likeness (QED) is 0.595. The van der Waals surface area contributed by atoms with Crippen molar-refractivity contribution >= 4 is 11.7 Å². The average molecular weight is 276 g/mol. The number of nitrogens with zero attached hydrogens (tertiary/aromatic N) is 4. The predicted molar refractivity (Wildman–Crippen MR) is 75.3 cm³/mol. The van der Waals surface area contributed by atoms with Crippen LogP contribution in [0.5, 0.6) is 0 Å². The van der Waals surface area contributed by atoms with Crippen molar-refractivity contribution in [3.8, 4) is 0 Å². The first-order chi connectivity index (χ1) is 9.49. The number of likely N-dealkylation sites (N-methyl/N-ethyl adjacent to an activating group) is 1. The zero-order chi connectivity index (χ0) is 14.7. The van der Waals surface area contributed by atoms with Gasteiger partial charge in [0.25, 0.3) is 0 Å². The second-order valence-corrected chi connectivity index (χ2v) is 5.19. The van der Waals surface area contributed by atoms with E-state index in [0.29, 0.717) is 25.3 Å². The molecule has 0 saturated carbocycles. The molecule has 0 aromatic carbocycles. The number of aromatic nitrogens is 2. The van der Waals surface area contributed by atoms with Gasteiger partial charge in [-0.3, -0.25) is 9.59 Å². The van der Waals surface area contributed by atoms with Gasteiger partial charge in [-0.05, 0) is 14.1 Å². The van der Waals surface area contributed by atoms with E-state index in [2.05, 4.69) is 4.98 Å². The average Bonchev–Trinajstić information content (AvgIpc) is 2.80. The van der Waals surface area contributed by atoms with Gasteiger partial charge in [-0.25, -0.2) is 4.98 Å². The number of Topliss-reactive ketones (excluding diaryl/α,β-unsaturated/α-hetero) is 1. The topological polar surface area (TPSA) is 58.4 Å². The highest BCUT2D eigenvalue weighted by molar-refractivity contribution is 5.92. The summed E-state index contributed by atoms with van der Waals surface area (Å²) in [6, 6.07) is 0. The van der Waals surface area contributed by atoms with Gasteiger partial charge in [0.15, 0.2) is 5.78 Å². The summed E-state index contributed by atoms with van der Waals surface area (Å²) in [6.07, 6.45) is 5.04. The van der Waals surface area contributed by atoms with Gasteiger partial charge >= 0.3 is 0 Å². The molecule has 2 heterocycles. The first-order valence-electron chi connectivity index (χ1n) is 6.64. The molecule has 0 fully saturated rings. The number of hydrogen-bond donors (Lipinski definition) is 0. The van der Waals surface area contributed by atoms with Crippen LogP contribution in [0.3, 0.4) is 0 Å². The molecule has 1 amide bonds. The monoisotopic (exact) mass is 276 g/mol. The maximum atomic E-state index is 12.0. The van der Waals surface area contributed by atoms with Crippen LogP contribution in [-0.2, 0) is 17.9 Å². The Hall–Kier alpha value is -1.95. The number of rotatable bonds is 4. The van der Waals surface area contributed by atoms with Crippen molar-refractivity contribution in [3.63, 3.8) is 0 Å². The van der Waals surface area contributed by atoms with E-state index in [4.69, 9.17) is 0 Å². The Morgan fingerprint density at radius 1 is 1.40 bits per heavy atom. The van der Waals surface area contributed by atoms with Crippen LogP contribution < -0.4 is 0 Å². The van der Waals surface area contributed by atoms with E-state index < -0.39 is 0 Å². The fourth-order valence-corrected chi connectivity index (χ4v) is 2.20. The number of amides is 1. The lowest BCUT2D eigenvalue weighted by Gasteiger charge is -2.27. The zero-order valence-electron chi connectivity index (χ0n) is 12.2. The van der Waals surface area contributed by atoms with E-state index in [0.717, 1.165) is 12.4 Å². The van der Waals surface area contributed by atoms with E-state index in [1.54, 1.807) is 17.2 Å². The molecule has 0 bridgehead atoms. The van der Waals surface area contributed by atoms with Gasteiger partial charge in [-0.1, -0.05) is 6.08 Å². The zero-order valence-corrected chi connectivity index (χ0v) is 12.2. The van der Waals surface area contributed by atoms with Crippen molar-refractivity contribution in [3.05, 3.63) is 29.9 Å². The summed E-state index contributed by atoms with van der Waals surface area (Å²) in [7, 11) is 3.91. The van der Waals surface area contributed by atoms with E-state index in [9.17, 15) is 9.59 Å². The van der Waals surface area contributed by atoms with E-state index >= 15 is 0 Å². The second kappa shape index (κ2) is 6.00. The normalized spacial score (nSPS) is 14.9. The number of fused-ring (bicyclic) bond motifs is 1. The highest BCUT2D eigenvalue weighted by Crippen LogP contribution is 2.15. The lowest BCUT2D eigenvalue weighted by atomic mass is 10.3. The highest BCUT2D eigenvalue weighted by atomic mass is 16.2. The third-order valence-corrected chi connectivity index (χ3v) is 3.27. The van der Waals surface area contributed by atoms with E-state index in [1.165, 1.54) is 6.92 Å². The second-order valence-electron chi connectivity index (χ2n) is 5.19. The summed E-state index contributed by atoms with van der Waals surface area (Å²) in [4.78, 5) is 31.5. The number of carbonyl (C=O) groups excluding carboxylic acids is 2. The molecular weight excluding hydrogens is 256 g/mol. The summed E-state index contributed by atoms with van der Waals surface area (Å²) < 4.78 is 1.90. The first-order valence-corrected chi connectivity index (χ1v) is 6.64. The van der Waals surface area contributed by atoms with Crippen LogP contribution in [0.1, 0.15) is 23.2 Å². The largest absolute Gasteiger partial charge is 0.330 e. The SMILES string of the molecule is CC(=O)c1cnc2n1CCN(C(=O)/C=C/CN(C)C)C2. The van der Waals surface area contributed by atoms with Crippen molar-refractivity contribution in [2.75, 3.05) is 27.2 Å². The van der Waals surface area contributed by atoms with Gasteiger partial charge in [-0.15, -0.1) is 0 Å². The lowest BCUT2D eigenvalue weighted by molar-refractivity contribution is -0.127. The van der Waals surface area contributed by atoms with Crippen molar-refractivity contribution in [2.24, 2.45) is 0 Å². The number of carbonyl (C=O) groups is 2. The summed E-state index contributed by atoms with van der Waals surface area (Å²) in [6.45, 7) is 3.96. The Bertz CT molecular complexity index is 545. The van der Waals surface area contributed by atoms with Crippen molar-refractivity contribution in [1.29, 1.82) is 0 Å². The maximum absolute atomic E-state index is 12.0. The summed E-state index contributed by atoms with van der Waals surface area (Å²) in [5.74, 6) is 0.774. The number of imidazole rings is 1. The van der Waals surface area contributed by atoms with Crippen LogP contribution in [0.25, 0.3) is 0 Å². The van der Waals surface area contributed by atoms with E-state index in [1.807, 2.05) is 29.6 Å². The summed E-state index contributed by atoms with van der Waals surface area (Å²) in [5.41, 5.74) is 0.621. The van der Waals surface area contributed by atoms with Crippen LogP contribution >= 0.6 is 0 Å². The molecule has 1 aliphatic heterocycles. The Morgan fingerprint density at radius 2 is 2.15 bits per heavy atom. The van der Waals surface area contributed by atoms with Gasteiger partial charge in [0.2, 0.25) is 5.91 Å². The number of hydrogen-bond acceptors (Lipinski definition) is 4. The van der Waals surface area contributed by atoms with Gasteiger partial charge in [0.1, 0.15) is 11.5 Å². The minimum absolute atomic E-state index is 0.00871. The van der Waals surface area contributed by atoms with Crippen molar-refractivity contribution < 1.29 is 9.59 Å². The van der Waals surface area contributed by atoms with Gasteiger partial charge in [0, 0.05) is 32.6 Å². The molecule has 0 atom stereocenters.